The largest absolute Gasteiger partial charge is 0.438 e. The van der Waals surface area contributed by atoms with Gasteiger partial charge >= 0.3 is 6.09 Å². The highest BCUT2D eigenvalue weighted by Crippen LogP contribution is 2.38. The van der Waals surface area contributed by atoms with Gasteiger partial charge in [-0.1, -0.05) is 36.4 Å². The Morgan fingerprint density at radius 1 is 1.17 bits per heavy atom. The first kappa shape index (κ1) is 14.9. The summed E-state index contributed by atoms with van der Waals surface area (Å²) < 4.78 is 5.37. The maximum Gasteiger partial charge on any atom is 0.412 e. The standard InChI is InChI=1S/C19H16N2O2/c1-19(2)16-12-14(8-9-17(16)21-18(22)23-19)15(10-11-20)13-6-4-3-5-7-13/h3-10,12H,1-2H3,(H,21,22)/b15-10+. The van der Waals surface area contributed by atoms with Crippen LogP contribution in [-0.4, -0.2) is 6.09 Å². The van der Waals surface area contributed by atoms with E-state index in [1.807, 2.05) is 62.4 Å². The lowest BCUT2D eigenvalue weighted by Gasteiger charge is -2.33. The van der Waals surface area contributed by atoms with Crippen molar-refractivity contribution in [2.75, 3.05) is 5.32 Å². The molecule has 0 bridgehead atoms. The summed E-state index contributed by atoms with van der Waals surface area (Å²) in [6, 6.07) is 17.6. The molecule has 4 heteroatoms. The van der Waals surface area contributed by atoms with Gasteiger partial charge in [-0.15, -0.1) is 0 Å². The minimum atomic E-state index is -0.720. The van der Waals surface area contributed by atoms with Gasteiger partial charge in [0, 0.05) is 11.6 Å². The maximum absolute atomic E-state index is 11.6. The minimum absolute atomic E-state index is 0.453. The van der Waals surface area contributed by atoms with Gasteiger partial charge in [0.2, 0.25) is 0 Å². The van der Waals surface area contributed by atoms with E-state index < -0.39 is 11.7 Å². The van der Waals surface area contributed by atoms with E-state index in [0.29, 0.717) is 0 Å². The second-order valence-corrected chi connectivity index (χ2v) is 5.84. The molecule has 23 heavy (non-hydrogen) atoms. The van der Waals surface area contributed by atoms with E-state index in [1.54, 1.807) is 0 Å². The second-order valence-electron chi connectivity index (χ2n) is 5.84. The average Bonchev–Trinajstić information content (AvgIpc) is 2.52. The number of carbonyl (C=O) groups is 1. The summed E-state index contributed by atoms with van der Waals surface area (Å²) >= 11 is 0. The van der Waals surface area contributed by atoms with Gasteiger partial charge in [-0.05, 0) is 42.7 Å². The zero-order valence-electron chi connectivity index (χ0n) is 13.0. The normalized spacial score (nSPS) is 15.9. The first-order valence-corrected chi connectivity index (χ1v) is 7.31. The minimum Gasteiger partial charge on any atom is -0.438 e. The van der Waals surface area contributed by atoms with E-state index in [4.69, 9.17) is 10.00 Å². The molecule has 1 aliphatic rings. The number of benzene rings is 2. The number of allylic oxidation sites excluding steroid dienone is 1. The van der Waals surface area contributed by atoms with Crippen molar-refractivity contribution in [1.82, 2.24) is 0 Å². The Kier molecular flexibility index (Phi) is 3.63. The molecule has 1 N–H and O–H groups in total. The van der Waals surface area contributed by atoms with Crippen LogP contribution in [0.25, 0.3) is 5.57 Å². The summed E-state index contributed by atoms with van der Waals surface area (Å²) in [4.78, 5) is 11.6. The molecule has 114 valence electrons. The molecule has 1 amide bonds. The maximum atomic E-state index is 11.6. The van der Waals surface area contributed by atoms with Crippen LogP contribution in [0.2, 0.25) is 0 Å². The lowest BCUT2D eigenvalue weighted by atomic mass is 9.89. The van der Waals surface area contributed by atoms with Gasteiger partial charge in [0.15, 0.2) is 0 Å². The zero-order valence-corrected chi connectivity index (χ0v) is 13.0. The van der Waals surface area contributed by atoms with Crippen molar-refractivity contribution in [3.8, 4) is 6.07 Å². The first-order chi connectivity index (χ1) is 11.0. The van der Waals surface area contributed by atoms with Crippen molar-refractivity contribution in [2.24, 2.45) is 0 Å². The van der Waals surface area contributed by atoms with E-state index in [1.165, 1.54) is 6.08 Å². The zero-order chi connectivity index (χ0) is 16.4. The number of hydrogen-bond acceptors (Lipinski definition) is 3. The molecule has 1 heterocycles. The van der Waals surface area contributed by atoms with Gasteiger partial charge in [-0.3, -0.25) is 5.32 Å². The van der Waals surface area contributed by atoms with Crippen LogP contribution < -0.4 is 5.32 Å². The van der Waals surface area contributed by atoms with Crippen LogP contribution >= 0.6 is 0 Å². The van der Waals surface area contributed by atoms with Crippen molar-refractivity contribution in [1.29, 1.82) is 5.26 Å². The molecule has 0 aromatic heterocycles. The van der Waals surface area contributed by atoms with Gasteiger partial charge in [0.25, 0.3) is 0 Å². The van der Waals surface area contributed by atoms with Crippen LogP contribution in [0.15, 0.2) is 54.6 Å². The molecule has 2 aromatic carbocycles. The summed E-state index contributed by atoms with van der Waals surface area (Å²) in [6.45, 7) is 3.70. The molecule has 0 unspecified atom stereocenters. The van der Waals surface area contributed by atoms with Gasteiger partial charge in [0.05, 0.1) is 11.8 Å². The number of nitrogens with one attached hydrogen (secondary N) is 1. The molecule has 4 nitrogen and oxygen atoms in total. The Morgan fingerprint density at radius 3 is 2.61 bits per heavy atom. The summed E-state index contributed by atoms with van der Waals surface area (Å²) in [5.74, 6) is 0. The van der Waals surface area contributed by atoms with Crippen LogP contribution in [-0.2, 0) is 10.3 Å². The number of carbonyl (C=O) groups excluding carboxylic acids is 1. The summed E-state index contributed by atoms with van der Waals surface area (Å²) in [5.41, 5.74) is 3.61. The Labute approximate surface area is 135 Å². The van der Waals surface area contributed by atoms with Gasteiger partial charge in [-0.2, -0.15) is 5.26 Å². The highest BCUT2D eigenvalue weighted by molar-refractivity contribution is 5.90. The molecule has 2 aromatic rings. The van der Waals surface area contributed by atoms with E-state index in [9.17, 15) is 4.79 Å². The Bertz CT molecular complexity index is 830. The van der Waals surface area contributed by atoms with Crippen LogP contribution in [0.5, 0.6) is 0 Å². The third-order valence-electron chi connectivity index (χ3n) is 3.86. The van der Waals surface area contributed by atoms with Crippen molar-refractivity contribution in [3.63, 3.8) is 0 Å². The molecule has 0 fully saturated rings. The fourth-order valence-corrected chi connectivity index (χ4v) is 2.76. The molecule has 0 saturated carbocycles. The van der Waals surface area contributed by atoms with Crippen LogP contribution in [0.4, 0.5) is 10.5 Å². The number of hydrogen-bond donors (Lipinski definition) is 1. The second kappa shape index (κ2) is 5.62. The Hall–Kier alpha value is -3.06. The van der Waals surface area contributed by atoms with Gasteiger partial charge < -0.3 is 4.74 Å². The number of cyclic esters (lactones) is 1. The third kappa shape index (κ3) is 2.82. The fraction of sp³-hybridized carbons (Fsp3) is 0.158. The van der Waals surface area contributed by atoms with Crippen LogP contribution in [0, 0.1) is 11.3 Å². The smallest absolute Gasteiger partial charge is 0.412 e. The van der Waals surface area contributed by atoms with Crippen molar-refractivity contribution in [2.45, 2.75) is 19.4 Å². The predicted octanol–water partition coefficient (Wildman–Crippen LogP) is 4.44. The third-order valence-corrected chi connectivity index (χ3v) is 3.86. The monoisotopic (exact) mass is 304 g/mol. The predicted molar refractivity (Wildman–Crippen MR) is 88.7 cm³/mol. The summed E-state index contributed by atoms with van der Waals surface area (Å²) in [5, 5.41) is 11.8. The Balaban J connectivity index is 2.13. The topological polar surface area (TPSA) is 62.1 Å². The van der Waals surface area contributed by atoms with E-state index in [0.717, 1.165) is 28.0 Å². The van der Waals surface area contributed by atoms with Gasteiger partial charge in [0.1, 0.15) is 5.60 Å². The molecular formula is C19H16N2O2. The Morgan fingerprint density at radius 2 is 1.91 bits per heavy atom. The van der Waals surface area contributed by atoms with E-state index >= 15 is 0 Å². The van der Waals surface area contributed by atoms with Crippen LogP contribution in [0.1, 0.15) is 30.5 Å². The molecule has 0 atom stereocenters. The highest BCUT2D eigenvalue weighted by Gasteiger charge is 2.33. The molecule has 3 rings (SSSR count). The summed E-state index contributed by atoms with van der Waals surface area (Å²) in [6.07, 6.45) is 1.08. The average molecular weight is 304 g/mol. The molecule has 0 saturated heterocycles. The SMILES string of the molecule is CC1(C)OC(=O)Nc2ccc(/C(=C/C#N)c3ccccc3)cc21. The number of anilines is 1. The molecule has 0 spiro atoms. The quantitative estimate of drug-likeness (QED) is 0.834. The number of fused-ring (bicyclic) bond motifs is 1. The fourth-order valence-electron chi connectivity index (χ4n) is 2.76. The number of rotatable bonds is 2. The molecule has 1 aliphatic heterocycles. The lowest BCUT2D eigenvalue weighted by molar-refractivity contribution is 0.0420. The number of ether oxygens (including phenoxy) is 1. The summed E-state index contributed by atoms with van der Waals surface area (Å²) in [7, 11) is 0. The van der Waals surface area contributed by atoms with E-state index in [2.05, 4.69) is 11.4 Å². The van der Waals surface area contributed by atoms with Crippen molar-refractivity contribution in [3.05, 3.63) is 71.3 Å². The number of nitriles is 1. The highest BCUT2D eigenvalue weighted by atomic mass is 16.6. The van der Waals surface area contributed by atoms with Gasteiger partial charge in [-0.25, -0.2) is 4.79 Å². The van der Waals surface area contributed by atoms with Crippen molar-refractivity contribution >= 4 is 17.4 Å². The lowest BCUT2D eigenvalue weighted by Crippen LogP contribution is -2.34. The molecular weight excluding hydrogens is 288 g/mol. The molecule has 0 aliphatic carbocycles. The number of nitrogens with zero attached hydrogens (tertiary/aromatic N) is 1. The molecule has 0 radical (unpaired) electrons. The first-order valence-electron chi connectivity index (χ1n) is 7.31. The van der Waals surface area contributed by atoms with Crippen molar-refractivity contribution < 1.29 is 9.53 Å². The number of amides is 1. The van der Waals surface area contributed by atoms with Crippen LogP contribution in [0.3, 0.4) is 0 Å². The van der Waals surface area contributed by atoms with E-state index in [-0.39, 0.29) is 0 Å².